The third-order valence-electron chi connectivity index (χ3n) is 3.01. The van der Waals surface area contributed by atoms with Crippen LogP contribution in [0.15, 0.2) is 0 Å². The van der Waals surface area contributed by atoms with E-state index in [1.54, 1.807) is 0 Å². The highest BCUT2D eigenvalue weighted by Crippen LogP contribution is 2.21. The highest BCUT2D eigenvalue weighted by molar-refractivity contribution is 4.77. The Labute approximate surface area is 106 Å². The zero-order valence-corrected chi connectivity index (χ0v) is 10.8. The zero-order valence-electron chi connectivity index (χ0n) is 10.8. The van der Waals surface area contributed by atoms with Gasteiger partial charge in [0.15, 0.2) is 0 Å². The first-order valence-corrected chi connectivity index (χ1v) is 6.50. The van der Waals surface area contributed by atoms with E-state index in [4.69, 9.17) is 4.74 Å². The van der Waals surface area contributed by atoms with Gasteiger partial charge in [-0.15, -0.1) is 0 Å². The summed E-state index contributed by atoms with van der Waals surface area (Å²) in [5, 5.41) is 3.44. The maximum atomic E-state index is 11.8. The molecule has 0 radical (unpaired) electrons. The van der Waals surface area contributed by atoms with Crippen molar-refractivity contribution in [3.8, 4) is 0 Å². The van der Waals surface area contributed by atoms with Gasteiger partial charge in [0.25, 0.3) is 0 Å². The van der Waals surface area contributed by atoms with Gasteiger partial charge in [-0.2, -0.15) is 13.2 Å². The van der Waals surface area contributed by atoms with E-state index in [0.29, 0.717) is 6.04 Å². The molecule has 0 bridgehead atoms. The fourth-order valence-corrected chi connectivity index (χ4v) is 2.08. The molecule has 1 saturated carbocycles. The van der Waals surface area contributed by atoms with Crippen LogP contribution in [0.5, 0.6) is 0 Å². The fraction of sp³-hybridized carbons (Fsp3) is 1.00. The van der Waals surface area contributed by atoms with Crippen LogP contribution < -0.4 is 5.32 Å². The van der Waals surface area contributed by atoms with Crippen molar-refractivity contribution in [2.24, 2.45) is 0 Å². The summed E-state index contributed by atoms with van der Waals surface area (Å²) < 4.78 is 45.1. The van der Waals surface area contributed by atoms with E-state index in [9.17, 15) is 13.2 Å². The molecule has 0 unspecified atom stereocenters. The lowest BCUT2D eigenvalue weighted by Gasteiger charge is -2.29. The Morgan fingerprint density at radius 1 is 1.17 bits per heavy atom. The smallest absolute Gasteiger partial charge is 0.352 e. The van der Waals surface area contributed by atoms with Gasteiger partial charge in [-0.25, -0.2) is 0 Å². The first kappa shape index (κ1) is 15.7. The molecule has 1 rings (SSSR count). The van der Waals surface area contributed by atoms with E-state index in [2.05, 4.69) is 17.0 Å². The topological polar surface area (TPSA) is 30.5 Å². The van der Waals surface area contributed by atoms with Crippen LogP contribution >= 0.6 is 0 Å². The van der Waals surface area contributed by atoms with Gasteiger partial charge >= 0.3 is 6.18 Å². The van der Waals surface area contributed by atoms with Gasteiger partial charge in [-0.1, -0.05) is 6.92 Å². The van der Waals surface area contributed by atoms with Crippen molar-refractivity contribution in [3.63, 3.8) is 0 Å². The second kappa shape index (κ2) is 7.96. The maximum absolute atomic E-state index is 11.8. The third kappa shape index (κ3) is 7.18. The molecule has 1 aliphatic rings. The van der Waals surface area contributed by atoms with Crippen LogP contribution in [0, 0.1) is 0 Å². The molecule has 0 aromatic carbocycles. The van der Waals surface area contributed by atoms with Crippen LogP contribution in [0.3, 0.4) is 0 Å². The van der Waals surface area contributed by atoms with Crippen molar-refractivity contribution in [1.82, 2.24) is 5.32 Å². The van der Waals surface area contributed by atoms with Gasteiger partial charge in [0, 0.05) is 6.04 Å². The lowest BCUT2D eigenvalue weighted by molar-refractivity contribution is -0.204. The molecule has 6 heteroatoms. The molecule has 0 spiro atoms. The zero-order chi connectivity index (χ0) is 13.4. The van der Waals surface area contributed by atoms with Crippen molar-refractivity contribution in [3.05, 3.63) is 0 Å². The van der Waals surface area contributed by atoms with E-state index < -0.39 is 12.8 Å². The van der Waals surface area contributed by atoms with E-state index in [0.717, 1.165) is 38.6 Å². The summed E-state index contributed by atoms with van der Waals surface area (Å²) in [4.78, 5) is 0. The molecule has 1 fully saturated rings. The largest absolute Gasteiger partial charge is 0.411 e. The minimum Gasteiger partial charge on any atom is -0.352 e. The first-order chi connectivity index (χ1) is 8.51. The number of alkyl halides is 3. The lowest BCUT2D eigenvalue weighted by Crippen LogP contribution is -2.36. The summed E-state index contributed by atoms with van der Waals surface area (Å²) in [6.45, 7) is 1.64. The Kier molecular flexibility index (Phi) is 6.96. The molecule has 1 aliphatic carbocycles. The predicted octanol–water partition coefficient (Wildman–Crippen LogP) is 2.85. The molecule has 0 amide bonds. The van der Waals surface area contributed by atoms with Crippen LogP contribution in [0.4, 0.5) is 13.2 Å². The van der Waals surface area contributed by atoms with Gasteiger partial charge in [0.2, 0.25) is 0 Å². The van der Waals surface area contributed by atoms with E-state index in [-0.39, 0.29) is 12.9 Å². The summed E-state index contributed by atoms with van der Waals surface area (Å²) in [7, 11) is 0. The number of hydrogen-bond acceptors (Lipinski definition) is 3. The van der Waals surface area contributed by atoms with Crippen LogP contribution in [-0.2, 0) is 9.47 Å². The number of ether oxygens (including phenoxy) is 2. The molecular formula is C12H22F3NO2. The van der Waals surface area contributed by atoms with E-state index in [1.807, 2.05) is 0 Å². The third-order valence-corrected chi connectivity index (χ3v) is 3.01. The molecule has 1 N–H and O–H groups in total. The van der Waals surface area contributed by atoms with Crippen molar-refractivity contribution in [1.29, 1.82) is 0 Å². The number of halogens is 3. The summed E-state index contributed by atoms with van der Waals surface area (Å²) in [5.41, 5.74) is 0. The average Bonchev–Trinajstić information content (AvgIpc) is 2.32. The Balaban J connectivity index is 2.02. The summed E-state index contributed by atoms with van der Waals surface area (Å²) >= 11 is 0. The minimum absolute atomic E-state index is 0.0397. The Morgan fingerprint density at radius 3 is 2.39 bits per heavy atom. The second-order valence-corrected chi connectivity index (χ2v) is 4.68. The molecular weight excluding hydrogens is 247 g/mol. The standard InChI is InChI=1S/C12H22F3NO2/c1-2-7-16-10-3-5-11(6-4-10)18-9-17-8-12(13,14)15/h10-11,16H,2-9H2,1H3. The number of rotatable bonds is 7. The van der Waals surface area contributed by atoms with Crippen molar-refractivity contribution >= 4 is 0 Å². The van der Waals surface area contributed by atoms with Crippen LogP contribution in [0.2, 0.25) is 0 Å². The van der Waals surface area contributed by atoms with Gasteiger partial charge in [0.05, 0.1) is 6.10 Å². The molecule has 0 atom stereocenters. The Hall–Kier alpha value is -0.330. The lowest BCUT2D eigenvalue weighted by atomic mass is 9.93. The number of hydrogen-bond donors (Lipinski definition) is 1. The van der Waals surface area contributed by atoms with Crippen molar-refractivity contribution in [2.45, 2.75) is 57.3 Å². The Bertz CT molecular complexity index is 216. The molecule has 108 valence electrons. The molecule has 0 aromatic heterocycles. The monoisotopic (exact) mass is 269 g/mol. The minimum atomic E-state index is -4.27. The van der Waals surface area contributed by atoms with E-state index in [1.165, 1.54) is 0 Å². The molecule has 0 saturated heterocycles. The maximum Gasteiger partial charge on any atom is 0.411 e. The normalized spacial score (nSPS) is 25.3. The molecule has 0 heterocycles. The van der Waals surface area contributed by atoms with Crippen LogP contribution in [0.25, 0.3) is 0 Å². The fourth-order valence-electron chi connectivity index (χ4n) is 2.08. The molecule has 0 aliphatic heterocycles. The first-order valence-electron chi connectivity index (χ1n) is 6.50. The summed E-state index contributed by atoms with van der Waals surface area (Å²) in [6.07, 6.45) is 0.687. The average molecular weight is 269 g/mol. The highest BCUT2D eigenvalue weighted by Gasteiger charge is 2.28. The molecule has 0 aromatic rings. The predicted molar refractivity (Wildman–Crippen MR) is 62.3 cm³/mol. The van der Waals surface area contributed by atoms with Gasteiger partial charge in [-0.3, -0.25) is 0 Å². The van der Waals surface area contributed by atoms with Gasteiger partial charge < -0.3 is 14.8 Å². The quantitative estimate of drug-likeness (QED) is 0.569. The summed E-state index contributed by atoms with van der Waals surface area (Å²) in [5.74, 6) is 0. The van der Waals surface area contributed by atoms with Crippen molar-refractivity contribution in [2.75, 3.05) is 19.9 Å². The van der Waals surface area contributed by atoms with Crippen molar-refractivity contribution < 1.29 is 22.6 Å². The highest BCUT2D eigenvalue weighted by atomic mass is 19.4. The van der Waals surface area contributed by atoms with E-state index >= 15 is 0 Å². The number of nitrogens with one attached hydrogen (secondary N) is 1. The van der Waals surface area contributed by atoms with Crippen LogP contribution in [0.1, 0.15) is 39.0 Å². The SMILES string of the molecule is CCCNC1CCC(OCOCC(F)(F)F)CC1. The van der Waals surface area contributed by atoms with Gasteiger partial charge in [-0.05, 0) is 38.6 Å². The molecule has 18 heavy (non-hydrogen) atoms. The van der Waals surface area contributed by atoms with Gasteiger partial charge in [0.1, 0.15) is 13.4 Å². The Morgan fingerprint density at radius 2 is 1.83 bits per heavy atom. The summed E-state index contributed by atoms with van der Waals surface area (Å²) in [6, 6.07) is 0.529. The molecule has 3 nitrogen and oxygen atoms in total. The second-order valence-electron chi connectivity index (χ2n) is 4.68. The van der Waals surface area contributed by atoms with Crippen LogP contribution in [-0.4, -0.2) is 38.3 Å².